The van der Waals surface area contributed by atoms with E-state index in [-0.39, 0.29) is 39.4 Å². The van der Waals surface area contributed by atoms with Crippen molar-refractivity contribution in [2.75, 3.05) is 0 Å². The van der Waals surface area contributed by atoms with Crippen LogP contribution in [-0.4, -0.2) is 29.3 Å². The summed E-state index contributed by atoms with van der Waals surface area (Å²) < 4.78 is 3.38. The Bertz CT molecular complexity index is 837. The van der Waals surface area contributed by atoms with Gasteiger partial charge in [-0.05, 0) is 13.8 Å². The third-order valence-corrected chi connectivity index (χ3v) is 3.52. The number of nitrogens with zero attached hydrogens (tertiary/aromatic N) is 3. The molecule has 0 aliphatic carbocycles. The Hall–Kier alpha value is -2.77. The largest absolute Gasteiger partial charge is 2.00 e. The van der Waals surface area contributed by atoms with Gasteiger partial charge in [-0.1, -0.05) is 0 Å². The van der Waals surface area contributed by atoms with Crippen molar-refractivity contribution in [2.24, 2.45) is 14.1 Å². The molecule has 0 aliphatic heterocycles. The molecule has 26 heavy (non-hydrogen) atoms. The van der Waals surface area contributed by atoms with Gasteiger partial charge in [-0.15, -0.1) is 0 Å². The van der Waals surface area contributed by atoms with E-state index in [1.54, 1.807) is 68.2 Å². The van der Waals surface area contributed by atoms with Gasteiger partial charge < -0.3 is 24.3 Å². The summed E-state index contributed by atoms with van der Waals surface area (Å²) in [4.78, 5) is 27.9. The number of aromatic amines is 1. The van der Waals surface area contributed by atoms with Gasteiger partial charge in [0.15, 0.2) is 11.5 Å². The first kappa shape index (κ1) is 23.2. The monoisotopic (exact) mass is 401 g/mol. The van der Waals surface area contributed by atoms with Crippen molar-refractivity contribution in [3.05, 3.63) is 75.1 Å². The maximum absolute atomic E-state index is 10.7. The van der Waals surface area contributed by atoms with E-state index >= 15 is 0 Å². The quantitative estimate of drug-likeness (QED) is 0.490. The molecule has 0 atom stereocenters. The third-order valence-electron chi connectivity index (χ3n) is 3.52. The van der Waals surface area contributed by atoms with Crippen molar-refractivity contribution in [1.29, 1.82) is 0 Å². The number of rotatable bonds is 0. The molecular weight excluding hydrogens is 379 g/mol. The van der Waals surface area contributed by atoms with Gasteiger partial charge in [0.1, 0.15) is 0 Å². The van der Waals surface area contributed by atoms with Crippen LogP contribution >= 0.6 is 0 Å². The van der Waals surface area contributed by atoms with Crippen LogP contribution in [0.3, 0.4) is 0 Å². The minimum Gasteiger partial charge on any atom is -0.503 e. The second-order valence-electron chi connectivity index (χ2n) is 5.21. The van der Waals surface area contributed by atoms with Crippen molar-refractivity contribution >= 4 is 0 Å². The predicted molar refractivity (Wildman–Crippen MR) is 94.8 cm³/mol. The van der Waals surface area contributed by atoms with E-state index in [9.17, 15) is 9.59 Å². The maximum Gasteiger partial charge on any atom is 2.00 e. The molecule has 0 unspecified atom stereocenters. The van der Waals surface area contributed by atoms with Crippen LogP contribution in [0.2, 0.25) is 0 Å². The zero-order valence-electron chi connectivity index (χ0n) is 15.0. The minimum atomic E-state index is -0.324. The molecule has 0 aliphatic rings. The molecule has 0 bridgehead atoms. The summed E-state index contributed by atoms with van der Waals surface area (Å²) in [6.45, 7) is 3.38. The van der Waals surface area contributed by atoms with Crippen molar-refractivity contribution in [1.82, 2.24) is 19.1 Å². The molecule has 3 aromatic rings. The van der Waals surface area contributed by atoms with Crippen molar-refractivity contribution in [3.63, 3.8) is 0 Å². The van der Waals surface area contributed by atoms with E-state index in [1.807, 2.05) is 0 Å². The van der Waals surface area contributed by atoms with Crippen molar-refractivity contribution in [3.8, 4) is 11.5 Å². The minimum absolute atomic E-state index is 0. The number of aromatic hydroxyl groups is 2. The van der Waals surface area contributed by atoms with Gasteiger partial charge in [0.25, 0.3) is 0 Å². The SMILES string of the molecule is Cc1c(O)c(=O)ccn1C.Cc1c(O)c(=O)ccn1C.[Mn+2].c1c[nH]cn1. The van der Waals surface area contributed by atoms with Gasteiger partial charge in [-0.2, -0.15) is 0 Å². The standard InChI is InChI=1S/2C7H9NO2.C3H4N2.Mn/c2*1-5-7(10)6(9)3-4-8(5)2;1-2-5-3-4-1;/h2*3-4,10H,1-2H3;1-3H,(H,4,5);/q;;;+2. The number of H-pyrrole nitrogens is 1. The Labute approximate surface area is 161 Å². The summed E-state index contributed by atoms with van der Waals surface area (Å²) in [5.74, 6) is -0.324. The summed E-state index contributed by atoms with van der Waals surface area (Å²) in [5, 5.41) is 18.1. The van der Waals surface area contributed by atoms with Crippen LogP contribution in [0.15, 0.2) is 52.8 Å². The van der Waals surface area contributed by atoms with E-state index in [1.165, 1.54) is 12.1 Å². The topological polar surface area (TPSA) is 113 Å². The maximum atomic E-state index is 10.7. The molecule has 0 spiro atoms. The first-order chi connectivity index (χ1) is 11.8. The fourth-order valence-corrected chi connectivity index (χ4v) is 1.65. The first-order valence-electron chi connectivity index (χ1n) is 7.38. The smallest absolute Gasteiger partial charge is 0.503 e. The van der Waals surface area contributed by atoms with Crippen molar-refractivity contribution in [2.45, 2.75) is 13.8 Å². The Morgan fingerprint density at radius 1 is 0.923 bits per heavy atom. The van der Waals surface area contributed by atoms with E-state index in [0.29, 0.717) is 11.4 Å². The van der Waals surface area contributed by atoms with Crippen LogP contribution in [0.4, 0.5) is 0 Å². The van der Waals surface area contributed by atoms with Gasteiger partial charge in [0.2, 0.25) is 10.9 Å². The zero-order valence-corrected chi connectivity index (χ0v) is 16.2. The van der Waals surface area contributed by atoms with E-state index in [4.69, 9.17) is 10.2 Å². The van der Waals surface area contributed by atoms with Gasteiger partial charge in [0.05, 0.1) is 17.7 Å². The first-order valence-corrected chi connectivity index (χ1v) is 7.38. The van der Waals surface area contributed by atoms with Crippen LogP contribution in [0.25, 0.3) is 0 Å². The summed E-state index contributed by atoms with van der Waals surface area (Å²) in [6.07, 6.45) is 8.33. The summed E-state index contributed by atoms with van der Waals surface area (Å²) >= 11 is 0. The van der Waals surface area contributed by atoms with E-state index in [2.05, 4.69) is 9.97 Å². The van der Waals surface area contributed by atoms with Crippen LogP contribution < -0.4 is 10.9 Å². The molecule has 0 saturated heterocycles. The van der Waals surface area contributed by atoms with Gasteiger partial charge in [0, 0.05) is 51.0 Å². The van der Waals surface area contributed by atoms with E-state index in [0.717, 1.165) is 0 Å². The van der Waals surface area contributed by atoms with Gasteiger partial charge in [-0.25, -0.2) is 4.98 Å². The normalized spacial score (nSPS) is 9.08. The molecule has 0 aromatic carbocycles. The molecule has 0 fully saturated rings. The molecule has 0 saturated carbocycles. The Kier molecular flexibility index (Phi) is 9.80. The second-order valence-corrected chi connectivity index (χ2v) is 5.21. The average Bonchev–Trinajstić information content (AvgIpc) is 3.18. The second kappa shape index (κ2) is 11.0. The molecule has 9 heteroatoms. The van der Waals surface area contributed by atoms with Crippen LogP contribution in [0.5, 0.6) is 11.5 Å². The molecule has 3 rings (SSSR count). The van der Waals surface area contributed by atoms with Gasteiger partial charge in [-0.3, -0.25) is 9.59 Å². The molecular formula is C17H22MnN4O4+2. The van der Waals surface area contributed by atoms with Crippen LogP contribution in [-0.2, 0) is 31.2 Å². The number of hydrogen-bond acceptors (Lipinski definition) is 5. The number of imidazole rings is 1. The zero-order chi connectivity index (χ0) is 19.0. The number of nitrogens with one attached hydrogen (secondary N) is 1. The molecule has 3 aromatic heterocycles. The van der Waals surface area contributed by atoms with Crippen molar-refractivity contribution < 1.29 is 27.3 Å². The number of pyridine rings is 2. The number of aryl methyl sites for hydroxylation is 2. The molecule has 3 N–H and O–H groups in total. The Morgan fingerprint density at radius 3 is 1.58 bits per heavy atom. The number of aromatic nitrogens is 4. The Morgan fingerprint density at radius 2 is 1.35 bits per heavy atom. The molecule has 0 amide bonds. The average molecular weight is 401 g/mol. The summed E-state index contributed by atoms with van der Waals surface area (Å²) in [5.41, 5.74) is 0.534. The number of hydrogen-bond donors (Lipinski definition) is 3. The fraction of sp³-hybridized carbons (Fsp3) is 0.235. The third kappa shape index (κ3) is 6.62. The fourth-order valence-electron chi connectivity index (χ4n) is 1.65. The van der Waals surface area contributed by atoms with Gasteiger partial charge >= 0.3 is 17.1 Å². The van der Waals surface area contributed by atoms with E-state index < -0.39 is 0 Å². The predicted octanol–water partition coefficient (Wildman–Crippen LogP) is 1.21. The Balaban J connectivity index is 0.000000372. The summed E-state index contributed by atoms with van der Waals surface area (Å²) in [7, 11) is 3.54. The molecule has 1 radical (unpaired) electrons. The summed E-state index contributed by atoms with van der Waals surface area (Å²) in [6, 6.07) is 2.67. The molecule has 3 heterocycles. The van der Waals surface area contributed by atoms with Crippen LogP contribution in [0, 0.1) is 13.8 Å². The van der Waals surface area contributed by atoms with Crippen LogP contribution in [0.1, 0.15) is 11.4 Å². The molecule has 8 nitrogen and oxygen atoms in total. The molecule has 139 valence electrons.